The molecule has 0 saturated carbocycles. The van der Waals surface area contributed by atoms with E-state index in [1.54, 1.807) is 12.1 Å². The number of nitrogens with zero attached hydrogens (tertiary/aromatic N) is 1. The number of halogens is 2. The van der Waals surface area contributed by atoms with Crippen molar-refractivity contribution >= 4 is 49.2 Å². The number of fused-ring (bicyclic) bond motifs is 2. The second-order valence-corrected chi connectivity index (χ2v) is 8.56. The molecule has 2 heterocycles. The molecule has 0 aliphatic carbocycles. The molecule has 0 radical (unpaired) electrons. The summed E-state index contributed by atoms with van der Waals surface area (Å²) in [5.74, 6) is 0.743. The van der Waals surface area contributed by atoms with Gasteiger partial charge >= 0.3 is 0 Å². The number of hydrogen-bond donors (Lipinski definition) is 1. The lowest BCUT2D eigenvalue weighted by Crippen LogP contribution is -2.37. The first kappa shape index (κ1) is 19.4. The Hall–Kier alpha value is -1.90. The van der Waals surface area contributed by atoms with E-state index >= 15 is 0 Å². The van der Waals surface area contributed by atoms with Crippen molar-refractivity contribution in [2.75, 3.05) is 25.2 Å². The van der Waals surface area contributed by atoms with E-state index in [1.165, 1.54) is 18.1 Å². The van der Waals surface area contributed by atoms with Gasteiger partial charge < -0.3 is 14.8 Å². The van der Waals surface area contributed by atoms with Gasteiger partial charge in [0.15, 0.2) is 17.3 Å². The minimum atomic E-state index is -0.166. The molecule has 6 nitrogen and oxygen atoms in total. The Morgan fingerprint density at radius 2 is 1.75 bits per heavy atom. The van der Waals surface area contributed by atoms with Gasteiger partial charge in [0, 0.05) is 33.7 Å². The Kier molecular flexibility index (Phi) is 5.44. The van der Waals surface area contributed by atoms with Gasteiger partial charge in [0.05, 0.1) is 12.2 Å². The van der Waals surface area contributed by atoms with Gasteiger partial charge in [-0.15, -0.1) is 0 Å². The summed E-state index contributed by atoms with van der Waals surface area (Å²) >= 11 is 7.07. The molecule has 0 aromatic heterocycles. The van der Waals surface area contributed by atoms with Gasteiger partial charge in [-0.3, -0.25) is 14.5 Å². The number of anilines is 1. The lowest BCUT2D eigenvalue weighted by Gasteiger charge is -2.28. The Balaban J connectivity index is 1.47. The molecular formula is C20H18Br2N2O4. The van der Waals surface area contributed by atoms with Crippen molar-refractivity contribution in [3.63, 3.8) is 0 Å². The van der Waals surface area contributed by atoms with Gasteiger partial charge in [0.1, 0.15) is 0 Å². The molecule has 0 bridgehead atoms. The fraction of sp³-hybridized carbons (Fsp3) is 0.300. The van der Waals surface area contributed by atoms with E-state index in [-0.39, 0.29) is 25.0 Å². The van der Waals surface area contributed by atoms with E-state index in [0.717, 1.165) is 21.9 Å². The predicted molar refractivity (Wildman–Crippen MR) is 112 cm³/mol. The largest absolute Gasteiger partial charge is 0.454 e. The van der Waals surface area contributed by atoms with Gasteiger partial charge in [-0.1, -0.05) is 0 Å². The zero-order valence-corrected chi connectivity index (χ0v) is 18.4. The van der Waals surface area contributed by atoms with E-state index in [9.17, 15) is 9.59 Å². The number of benzene rings is 2. The molecule has 2 aliphatic rings. The van der Waals surface area contributed by atoms with Crippen LogP contribution < -0.4 is 14.8 Å². The SMILES string of the molecule is CC(=O)c1cc2c(cc1NC(=O)CN1CCc3cc(Br)c(Br)cc3C1)OCO2. The zero-order valence-electron chi connectivity index (χ0n) is 15.2. The maximum atomic E-state index is 12.6. The summed E-state index contributed by atoms with van der Waals surface area (Å²) in [6.45, 7) is 3.33. The van der Waals surface area contributed by atoms with Crippen LogP contribution in [0.2, 0.25) is 0 Å². The van der Waals surface area contributed by atoms with Crippen molar-refractivity contribution in [3.05, 3.63) is 49.9 Å². The van der Waals surface area contributed by atoms with E-state index in [1.807, 2.05) is 0 Å². The normalized spacial score (nSPS) is 15.2. The smallest absolute Gasteiger partial charge is 0.238 e. The number of Topliss-reactive ketones (excluding diaryl/α,β-unsaturated/α-hetero) is 1. The lowest BCUT2D eigenvalue weighted by atomic mass is 10.00. The molecule has 1 amide bonds. The quantitative estimate of drug-likeness (QED) is 0.627. The van der Waals surface area contributed by atoms with E-state index in [4.69, 9.17) is 9.47 Å². The maximum Gasteiger partial charge on any atom is 0.238 e. The van der Waals surface area contributed by atoms with Crippen molar-refractivity contribution in [2.45, 2.75) is 19.9 Å². The number of amides is 1. The van der Waals surface area contributed by atoms with Crippen LogP contribution in [0.4, 0.5) is 5.69 Å². The standard InChI is InChI=1S/C20H18Br2N2O4/c1-11(25)14-6-18-19(28-10-27-18)7-17(14)23-20(26)9-24-3-2-12-4-15(21)16(22)5-13(12)8-24/h4-7H,2-3,8-10H2,1H3,(H,23,26). The van der Waals surface area contributed by atoms with E-state index in [0.29, 0.717) is 29.3 Å². The van der Waals surface area contributed by atoms with E-state index in [2.05, 4.69) is 54.2 Å². The highest BCUT2D eigenvalue weighted by Crippen LogP contribution is 2.37. The highest BCUT2D eigenvalue weighted by atomic mass is 79.9. The van der Waals surface area contributed by atoms with Crippen molar-refractivity contribution in [1.29, 1.82) is 0 Å². The van der Waals surface area contributed by atoms with Crippen molar-refractivity contribution in [1.82, 2.24) is 4.90 Å². The molecule has 8 heteroatoms. The van der Waals surface area contributed by atoms with Crippen LogP contribution in [-0.2, 0) is 17.8 Å². The molecule has 0 unspecified atom stereocenters. The number of hydrogen-bond acceptors (Lipinski definition) is 5. The molecular weight excluding hydrogens is 492 g/mol. The third-order valence-electron chi connectivity index (χ3n) is 4.87. The highest BCUT2D eigenvalue weighted by Gasteiger charge is 2.23. The molecule has 0 fully saturated rings. The monoisotopic (exact) mass is 508 g/mol. The topological polar surface area (TPSA) is 67.9 Å². The van der Waals surface area contributed by atoms with Crippen molar-refractivity contribution < 1.29 is 19.1 Å². The van der Waals surface area contributed by atoms with Crippen LogP contribution in [0.15, 0.2) is 33.2 Å². The number of nitrogens with one attached hydrogen (secondary N) is 1. The highest BCUT2D eigenvalue weighted by molar-refractivity contribution is 9.13. The van der Waals surface area contributed by atoms with Crippen LogP contribution in [0.5, 0.6) is 11.5 Å². The molecule has 0 spiro atoms. The van der Waals surface area contributed by atoms with Crippen LogP contribution in [0, 0.1) is 0 Å². The summed E-state index contributed by atoms with van der Waals surface area (Å²) in [5, 5.41) is 2.86. The van der Waals surface area contributed by atoms with Gasteiger partial charge in [-0.2, -0.15) is 0 Å². The third kappa shape index (κ3) is 3.94. The lowest BCUT2D eigenvalue weighted by molar-refractivity contribution is -0.117. The van der Waals surface area contributed by atoms with Gasteiger partial charge in [0.2, 0.25) is 12.7 Å². The molecule has 0 saturated heterocycles. The van der Waals surface area contributed by atoms with Gasteiger partial charge in [-0.25, -0.2) is 0 Å². The average Bonchev–Trinajstić information content (AvgIpc) is 3.09. The van der Waals surface area contributed by atoms with Crippen LogP contribution in [-0.4, -0.2) is 36.5 Å². The fourth-order valence-corrected chi connectivity index (χ4v) is 4.25. The maximum absolute atomic E-state index is 12.6. The zero-order chi connectivity index (χ0) is 19.8. The Bertz CT molecular complexity index is 977. The fourth-order valence-electron chi connectivity index (χ4n) is 3.47. The number of rotatable bonds is 4. The second-order valence-electron chi connectivity index (χ2n) is 6.85. The first-order chi connectivity index (χ1) is 13.4. The number of carbonyl (C=O) groups excluding carboxylic acids is 2. The number of ketones is 1. The molecule has 0 atom stereocenters. The third-order valence-corrected chi connectivity index (χ3v) is 6.71. The summed E-state index contributed by atoms with van der Waals surface area (Å²) < 4.78 is 12.7. The summed E-state index contributed by atoms with van der Waals surface area (Å²) in [7, 11) is 0. The molecule has 4 rings (SSSR count). The Morgan fingerprint density at radius 1 is 1.07 bits per heavy atom. The summed E-state index contributed by atoms with van der Waals surface area (Å²) in [4.78, 5) is 26.7. The van der Waals surface area contributed by atoms with Crippen LogP contribution >= 0.6 is 31.9 Å². The first-order valence-electron chi connectivity index (χ1n) is 8.84. The first-order valence-corrected chi connectivity index (χ1v) is 10.4. The van der Waals surface area contributed by atoms with Gasteiger partial charge in [0.25, 0.3) is 0 Å². The molecule has 2 aliphatic heterocycles. The van der Waals surface area contributed by atoms with Crippen LogP contribution in [0.3, 0.4) is 0 Å². The number of ether oxygens (including phenoxy) is 2. The number of carbonyl (C=O) groups is 2. The second kappa shape index (κ2) is 7.85. The molecule has 28 heavy (non-hydrogen) atoms. The van der Waals surface area contributed by atoms with Crippen molar-refractivity contribution in [2.24, 2.45) is 0 Å². The van der Waals surface area contributed by atoms with Gasteiger partial charge in [-0.05, 0) is 74.5 Å². The predicted octanol–water partition coefficient (Wildman–Crippen LogP) is 4.14. The molecule has 2 aromatic rings. The van der Waals surface area contributed by atoms with Crippen LogP contribution in [0.1, 0.15) is 28.4 Å². The Labute approximate surface area is 179 Å². The average molecular weight is 510 g/mol. The summed E-state index contributed by atoms with van der Waals surface area (Å²) in [6.07, 6.45) is 0.886. The van der Waals surface area contributed by atoms with E-state index < -0.39 is 0 Å². The molecule has 146 valence electrons. The summed E-state index contributed by atoms with van der Waals surface area (Å²) in [6, 6.07) is 7.49. The Morgan fingerprint density at radius 3 is 2.46 bits per heavy atom. The molecule has 2 aromatic carbocycles. The minimum absolute atomic E-state index is 0.114. The minimum Gasteiger partial charge on any atom is -0.454 e. The molecule has 1 N–H and O–H groups in total. The van der Waals surface area contributed by atoms with Crippen molar-refractivity contribution in [3.8, 4) is 11.5 Å². The summed E-state index contributed by atoms with van der Waals surface area (Å²) in [5.41, 5.74) is 3.37. The van der Waals surface area contributed by atoms with Crippen LogP contribution in [0.25, 0.3) is 0 Å².